The Hall–Kier alpha value is -2.77. The Balaban J connectivity index is 1.37. The van der Waals surface area contributed by atoms with Crippen molar-refractivity contribution in [3.63, 3.8) is 0 Å². The summed E-state index contributed by atoms with van der Waals surface area (Å²) in [4.78, 5) is 16.5. The number of aryl methyl sites for hydroxylation is 1. The van der Waals surface area contributed by atoms with Crippen LogP contribution in [-0.4, -0.2) is 30.6 Å². The van der Waals surface area contributed by atoms with E-state index in [1.807, 2.05) is 22.7 Å². The third kappa shape index (κ3) is 4.21. The van der Waals surface area contributed by atoms with Gasteiger partial charge in [-0.15, -0.1) is 10.2 Å². The lowest BCUT2D eigenvalue weighted by atomic mass is 10.0. The summed E-state index contributed by atoms with van der Waals surface area (Å²) in [5.74, 6) is 2.69. The minimum Gasteiger partial charge on any atom is -0.349 e. The highest BCUT2D eigenvalue weighted by Crippen LogP contribution is 2.28. The number of nitrogens with zero attached hydrogens (tertiary/aromatic N) is 5. The predicted molar refractivity (Wildman–Crippen MR) is 103 cm³/mol. The third-order valence-electron chi connectivity index (χ3n) is 5.37. The van der Waals surface area contributed by atoms with Gasteiger partial charge in [-0.2, -0.15) is 4.98 Å². The first kappa shape index (κ1) is 18.6. The van der Waals surface area contributed by atoms with Crippen molar-refractivity contribution in [1.82, 2.24) is 30.1 Å². The van der Waals surface area contributed by atoms with Crippen molar-refractivity contribution >= 4 is 11.6 Å². The zero-order valence-electron chi connectivity index (χ0n) is 16.2. The summed E-state index contributed by atoms with van der Waals surface area (Å²) in [6.45, 7) is 2.44. The Morgan fingerprint density at radius 1 is 1.32 bits per heavy atom. The monoisotopic (exact) mass is 382 g/mol. The largest absolute Gasteiger partial charge is 0.349 e. The maximum atomic E-state index is 12.1. The molecule has 8 nitrogen and oxygen atoms in total. The minimum absolute atomic E-state index is 0.0783. The molecule has 0 radical (unpaired) electrons. The van der Waals surface area contributed by atoms with Crippen molar-refractivity contribution < 1.29 is 9.32 Å². The van der Waals surface area contributed by atoms with Crippen molar-refractivity contribution in [2.45, 2.75) is 64.8 Å². The second-order valence-electron chi connectivity index (χ2n) is 7.49. The summed E-state index contributed by atoms with van der Waals surface area (Å²) >= 11 is 0. The molecule has 4 rings (SSSR count). The Morgan fingerprint density at radius 3 is 3.00 bits per heavy atom. The van der Waals surface area contributed by atoms with E-state index in [0.29, 0.717) is 36.2 Å². The number of pyridine rings is 1. The van der Waals surface area contributed by atoms with Crippen LogP contribution in [0.5, 0.6) is 0 Å². The van der Waals surface area contributed by atoms with Gasteiger partial charge in [0.1, 0.15) is 0 Å². The SMILES string of the molecule is CCCc1noc(-c2ccn3c(CNC(=O)CCC4CCCC4)nnc3c2)n1. The first-order valence-corrected chi connectivity index (χ1v) is 10.2. The van der Waals surface area contributed by atoms with Gasteiger partial charge in [0.25, 0.3) is 5.89 Å². The average Bonchev–Trinajstić information content (AvgIpc) is 3.45. The molecule has 0 saturated heterocycles. The maximum absolute atomic E-state index is 12.1. The Kier molecular flexibility index (Phi) is 5.64. The van der Waals surface area contributed by atoms with E-state index in [9.17, 15) is 4.79 Å². The minimum atomic E-state index is 0.0783. The number of amides is 1. The number of nitrogens with one attached hydrogen (secondary N) is 1. The van der Waals surface area contributed by atoms with Gasteiger partial charge in [0.2, 0.25) is 5.91 Å². The number of rotatable bonds is 8. The lowest BCUT2D eigenvalue weighted by Gasteiger charge is -2.08. The molecule has 1 N–H and O–H groups in total. The van der Waals surface area contributed by atoms with Gasteiger partial charge in [0.15, 0.2) is 17.3 Å². The number of carbonyl (C=O) groups excluding carboxylic acids is 1. The Bertz CT molecular complexity index is 941. The standard InChI is InChI=1S/C20H26N6O2/c1-2-5-16-22-20(28-25-16)15-10-11-26-17(12-15)23-24-18(26)13-21-19(27)9-8-14-6-3-4-7-14/h10-12,14H,2-9,13H2,1H3,(H,21,27). The first-order valence-electron chi connectivity index (χ1n) is 10.2. The molecule has 0 atom stereocenters. The summed E-state index contributed by atoms with van der Waals surface area (Å²) in [6.07, 6.45) is 10.4. The molecule has 0 aromatic carbocycles. The number of hydrogen-bond acceptors (Lipinski definition) is 6. The van der Waals surface area contributed by atoms with Gasteiger partial charge in [0.05, 0.1) is 6.54 Å². The summed E-state index contributed by atoms with van der Waals surface area (Å²) < 4.78 is 7.20. The molecule has 8 heteroatoms. The van der Waals surface area contributed by atoms with Gasteiger partial charge in [0, 0.05) is 24.6 Å². The summed E-state index contributed by atoms with van der Waals surface area (Å²) in [5, 5.41) is 15.4. The van der Waals surface area contributed by atoms with Crippen molar-refractivity contribution in [3.8, 4) is 11.5 Å². The van der Waals surface area contributed by atoms with Crippen LogP contribution in [0.3, 0.4) is 0 Å². The van der Waals surface area contributed by atoms with E-state index in [-0.39, 0.29) is 5.91 Å². The zero-order chi connectivity index (χ0) is 19.3. The second-order valence-corrected chi connectivity index (χ2v) is 7.49. The van der Waals surface area contributed by atoms with Crippen molar-refractivity contribution in [2.75, 3.05) is 0 Å². The van der Waals surface area contributed by atoms with Crippen molar-refractivity contribution in [3.05, 3.63) is 30.0 Å². The first-order chi connectivity index (χ1) is 13.7. The molecule has 1 saturated carbocycles. The Labute approximate surface area is 163 Å². The molecule has 148 valence electrons. The lowest BCUT2D eigenvalue weighted by molar-refractivity contribution is -0.121. The van der Waals surface area contributed by atoms with Gasteiger partial charge in [-0.05, 0) is 30.9 Å². The Morgan fingerprint density at radius 2 is 2.18 bits per heavy atom. The normalized spacial score (nSPS) is 14.8. The highest BCUT2D eigenvalue weighted by molar-refractivity contribution is 5.75. The van der Waals surface area contributed by atoms with Crippen molar-refractivity contribution in [2.24, 2.45) is 5.92 Å². The zero-order valence-corrected chi connectivity index (χ0v) is 16.2. The fraction of sp³-hybridized carbons (Fsp3) is 0.550. The van der Waals surface area contributed by atoms with Crippen LogP contribution in [-0.2, 0) is 17.8 Å². The van der Waals surface area contributed by atoms with E-state index < -0.39 is 0 Å². The quantitative estimate of drug-likeness (QED) is 0.642. The van der Waals surface area contributed by atoms with Crippen LogP contribution in [0.25, 0.3) is 17.1 Å². The van der Waals surface area contributed by atoms with Gasteiger partial charge in [-0.25, -0.2) is 0 Å². The number of hydrogen-bond donors (Lipinski definition) is 1. The summed E-state index contributed by atoms with van der Waals surface area (Å²) in [5.41, 5.74) is 1.49. The summed E-state index contributed by atoms with van der Waals surface area (Å²) in [7, 11) is 0. The van der Waals surface area contributed by atoms with Crippen LogP contribution in [0.1, 0.15) is 63.5 Å². The molecule has 3 heterocycles. The number of carbonyl (C=O) groups is 1. The molecule has 1 amide bonds. The summed E-state index contributed by atoms with van der Waals surface area (Å²) in [6, 6.07) is 3.76. The second kappa shape index (κ2) is 8.50. The molecule has 0 spiro atoms. The molecule has 1 aliphatic carbocycles. The molecule has 0 bridgehead atoms. The van der Waals surface area contributed by atoms with Crippen LogP contribution in [0.4, 0.5) is 0 Å². The highest BCUT2D eigenvalue weighted by atomic mass is 16.5. The molecule has 1 fully saturated rings. The molecule has 3 aromatic heterocycles. The van der Waals surface area contributed by atoms with Gasteiger partial charge in [-0.1, -0.05) is 37.8 Å². The molecular weight excluding hydrogens is 356 g/mol. The van der Waals surface area contributed by atoms with E-state index >= 15 is 0 Å². The van der Waals surface area contributed by atoms with E-state index in [1.165, 1.54) is 25.7 Å². The van der Waals surface area contributed by atoms with Gasteiger partial charge in [-0.3, -0.25) is 9.20 Å². The fourth-order valence-corrected chi connectivity index (χ4v) is 3.79. The van der Waals surface area contributed by atoms with Crippen LogP contribution in [0.15, 0.2) is 22.9 Å². The maximum Gasteiger partial charge on any atom is 0.258 e. The third-order valence-corrected chi connectivity index (χ3v) is 5.37. The van der Waals surface area contributed by atoms with Crippen LogP contribution < -0.4 is 5.32 Å². The molecule has 0 unspecified atom stereocenters. The fourth-order valence-electron chi connectivity index (χ4n) is 3.79. The lowest BCUT2D eigenvalue weighted by Crippen LogP contribution is -2.24. The van der Waals surface area contributed by atoms with Crippen LogP contribution >= 0.6 is 0 Å². The number of aromatic nitrogens is 5. The number of fused-ring (bicyclic) bond motifs is 1. The highest BCUT2D eigenvalue weighted by Gasteiger charge is 2.17. The molecule has 1 aliphatic rings. The van der Waals surface area contributed by atoms with Gasteiger partial charge >= 0.3 is 0 Å². The van der Waals surface area contributed by atoms with E-state index in [4.69, 9.17) is 4.52 Å². The topological polar surface area (TPSA) is 98.2 Å². The van der Waals surface area contributed by atoms with E-state index in [2.05, 4.69) is 32.6 Å². The smallest absolute Gasteiger partial charge is 0.258 e. The molecule has 28 heavy (non-hydrogen) atoms. The van der Waals surface area contributed by atoms with Gasteiger partial charge < -0.3 is 9.84 Å². The molecule has 3 aromatic rings. The molecular formula is C20H26N6O2. The van der Waals surface area contributed by atoms with Crippen LogP contribution in [0, 0.1) is 5.92 Å². The molecule has 0 aliphatic heterocycles. The average molecular weight is 382 g/mol. The van der Waals surface area contributed by atoms with E-state index in [0.717, 1.165) is 30.7 Å². The van der Waals surface area contributed by atoms with Crippen LogP contribution in [0.2, 0.25) is 0 Å². The van der Waals surface area contributed by atoms with E-state index in [1.54, 1.807) is 0 Å². The predicted octanol–water partition coefficient (Wildman–Crippen LogP) is 3.32. The van der Waals surface area contributed by atoms with Crippen molar-refractivity contribution in [1.29, 1.82) is 0 Å².